The Labute approximate surface area is 130 Å². The fourth-order valence-corrected chi connectivity index (χ4v) is 4.00. The van der Waals surface area contributed by atoms with Crippen molar-refractivity contribution in [1.29, 1.82) is 0 Å². The van der Waals surface area contributed by atoms with Crippen molar-refractivity contribution < 1.29 is 0 Å². The molecular weight excluding hydrogens is 280 g/mol. The molecule has 21 heavy (non-hydrogen) atoms. The van der Waals surface area contributed by atoms with E-state index in [1.54, 1.807) is 0 Å². The summed E-state index contributed by atoms with van der Waals surface area (Å²) in [6.45, 7) is 1.06. The Hall–Kier alpha value is -1.51. The lowest BCUT2D eigenvalue weighted by molar-refractivity contribution is 0.410. The second-order valence-corrected chi connectivity index (χ2v) is 6.53. The monoisotopic (exact) mass is 298 g/mol. The van der Waals surface area contributed by atoms with Crippen molar-refractivity contribution in [3.05, 3.63) is 64.2 Å². The first kappa shape index (κ1) is 13.2. The molecule has 0 aromatic heterocycles. The molecule has 0 bridgehead atoms. The van der Waals surface area contributed by atoms with Crippen molar-refractivity contribution in [2.24, 2.45) is 5.73 Å². The van der Waals surface area contributed by atoms with Gasteiger partial charge in [0.25, 0.3) is 0 Å². The van der Waals surface area contributed by atoms with Crippen molar-refractivity contribution >= 4 is 17.3 Å². The van der Waals surface area contributed by atoms with E-state index in [9.17, 15) is 0 Å². The third-order valence-electron chi connectivity index (χ3n) is 4.79. The topological polar surface area (TPSA) is 29.3 Å². The molecule has 108 valence electrons. The van der Waals surface area contributed by atoms with Crippen molar-refractivity contribution in [3.63, 3.8) is 0 Å². The van der Waals surface area contributed by atoms with Crippen molar-refractivity contribution in [1.82, 2.24) is 0 Å². The standard InChI is InChI=1S/C18H19ClN2/c19-14-8-7-13-10-12-4-1-2-5-15(12)18-16(20)6-3-9-21(18)17(13)11-14/h1-2,4-5,7-8,11,16,18H,3,6,9-10,20H2/t16-,18-/m0/s1. The van der Waals surface area contributed by atoms with E-state index in [1.165, 1.54) is 22.4 Å². The minimum Gasteiger partial charge on any atom is -0.363 e. The second-order valence-electron chi connectivity index (χ2n) is 6.09. The summed E-state index contributed by atoms with van der Waals surface area (Å²) in [7, 11) is 0. The van der Waals surface area contributed by atoms with Gasteiger partial charge in [0.15, 0.2) is 0 Å². The first-order chi connectivity index (χ1) is 10.2. The van der Waals surface area contributed by atoms with Crippen LogP contribution in [0.15, 0.2) is 42.5 Å². The van der Waals surface area contributed by atoms with Crippen LogP contribution in [0.2, 0.25) is 5.02 Å². The molecule has 0 spiro atoms. The van der Waals surface area contributed by atoms with Gasteiger partial charge in [-0.25, -0.2) is 0 Å². The van der Waals surface area contributed by atoms with Crippen LogP contribution in [-0.2, 0) is 6.42 Å². The second kappa shape index (κ2) is 5.04. The maximum Gasteiger partial charge on any atom is 0.0696 e. The molecule has 4 rings (SSSR count). The highest BCUT2D eigenvalue weighted by Crippen LogP contribution is 2.42. The number of piperidine rings is 1. The summed E-state index contributed by atoms with van der Waals surface area (Å²) in [6.07, 6.45) is 3.19. The Morgan fingerprint density at radius 2 is 1.95 bits per heavy atom. The van der Waals surface area contributed by atoms with Crippen LogP contribution in [0.1, 0.15) is 35.6 Å². The molecule has 2 heterocycles. The SMILES string of the molecule is N[C@H]1CCCN2c3cc(Cl)ccc3Cc3ccccc3[C@@H]12. The first-order valence-corrected chi connectivity index (χ1v) is 8.00. The van der Waals surface area contributed by atoms with Crippen LogP contribution in [0.25, 0.3) is 0 Å². The number of anilines is 1. The van der Waals surface area contributed by atoms with E-state index in [2.05, 4.69) is 41.3 Å². The van der Waals surface area contributed by atoms with Gasteiger partial charge in [0.05, 0.1) is 6.04 Å². The van der Waals surface area contributed by atoms with Gasteiger partial charge >= 0.3 is 0 Å². The summed E-state index contributed by atoms with van der Waals surface area (Å²) in [5.74, 6) is 0. The first-order valence-electron chi connectivity index (χ1n) is 7.62. The van der Waals surface area contributed by atoms with E-state index in [0.29, 0.717) is 0 Å². The van der Waals surface area contributed by atoms with Crippen LogP contribution in [0.4, 0.5) is 5.69 Å². The zero-order valence-electron chi connectivity index (χ0n) is 11.9. The molecule has 3 heteroatoms. The molecule has 0 saturated carbocycles. The molecule has 0 unspecified atom stereocenters. The number of nitrogens with two attached hydrogens (primary N) is 1. The summed E-state index contributed by atoms with van der Waals surface area (Å²) < 4.78 is 0. The number of hydrogen-bond donors (Lipinski definition) is 1. The maximum absolute atomic E-state index is 6.49. The molecule has 0 aliphatic carbocycles. The third-order valence-corrected chi connectivity index (χ3v) is 5.02. The minimum absolute atomic E-state index is 0.185. The van der Waals surface area contributed by atoms with Crippen LogP contribution in [0.3, 0.4) is 0 Å². The lowest BCUT2D eigenvalue weighted by Crippen LogP contribution is -2.46. The van der Waals surface area contributed by atoms with Gasteiger partial charge in [0, 0.05) is 23.3 Å². The molecule has 2 atom stereocenters. The molecular formula is C18H19ClN2. The van der Waals surface area contributed by atoms with Gasteiger partial charge in [-0.1, -0.05) is 41.9 Å². The van der Waals surface area contributed by atoms with Crippen LogP contribution in [0.5, 0.6) is 0 Å². The van der Waals surface area contributed by atoms with E-state index in [1.807, 2.05) is 6.07 Å². The summed E-state index contributed by atoms with van der Waals surface area (Å²) in [4.78, 5) is 2.47. The molecule has 0 radical (unpaired) electrons. The number of halogens is 1. The highest BCUT2D eigenvalue weighted by atomic mass is 35.5. The van der Waals surface area contributed by atoms with Crippen LogP contribution in [-0.4, -0.2) is 12.6 Å². The van der Waals surface area contributed by atoms with E-state index in [0.717, 1.165) is 30.8 Å². The third kappa shape index (κ3) is 2.14. The Morgan fingerprint density at radius 1 is 1.10 bits per heavy atom. The van der Waals surface area contributed by atoms with Crippen molar-refractivity contribution in [2.75, 3.05) is 11.4 Å². The fraction of sp³-hybridized carbons (Fsp3) is 0.333. The number of hydrogen-bond acceptors (Lipinski definition) is 2. The van der Waals surface area contributed by atoms with Gasteiger partial charge in [0.1, 0.15) is 0 Å². The average molecular weight is 299 g/mol. The van der Waals surface area contributed by atoms with Crippen LogP contribution >= 0.6 is 11.6 Å². The van der Waals surface area contributed by atoms with Gasteiger partial charge in [-0.2, -0.15) is 0 Å². The van der Waals surface area contributed by atoms with Gasteiger partial charge in [-0.15, -0.1) is 0 Å². The molecule has 0 amide bonds. The van der Waals surface area contributed by atoms with E-state index >= 15 is 0 Å². The predicted molar refractivity (Wildman–Crippen MR) is 88.0 cm³/mol. The highest BCUT2D eigenvalue weighted by Gasteiger charge is 2.34. The lowest BCUT2D eigenvalue weighted by atomic mass is 9.88. The minimum atomic E-state index is 0.185. The lowest BCUT2D eigenvalue weighted by Gasteiger charge is -2.41. The van der Waals surface area contributed by atoms with Gasteiger partial charge in [-0.3, -0.25) is 0 Å². The summed E-state index contributed by atoms with van der Waals surface area (Å²) in [6, 6.07) is 15.4. The average Bonchev–Trinajstić information content (AvgIpc) is 2.63. The molecule has 2 aliphatic heterocycles. The molecule has 2 aromatic carbocycles. The Balaban J connectivity index is 1.94. The quantitative estimate of drug-likeness (QED) is 0.799. The van der Waals surface area contributed by atoms with E-state index in [4.69, 9.17) is 17.3 Å². The Morgan fingerprint density at radius 3 is 2.86 bits per heavy atom. The van der Waals surface area contributed by atoms with Gasteiger partial charge in [0.2, 0.25) is 0 Å². The van der Waals surface area contributed by atoms with E-state index < -0.39 is 0 Å². The zero-order chi connectivity index (χ0) is 14.4. The van der Waals surface area contributed by atoms with Crippen LogP contribution in [0, 0.1) is 0 Å². The largest absolute Gasteiger partial charge is 0.363 e. The maximum atomic E-state index is 6.49. The molecule has 1 fully saturated rings. The van der Waals surface area contributed by atoms with E-state index in [-0.39, 0.29) is 12.1 Å². The molecule has 1 saturated heterocycles. The summed E-state index contributed by atoms with van der Waals surface area (Å²) in [5.41, 5.74) is 11.9. The smallest absolute Gasteiger partial charge is 0.0696 e. The number of benzene rings is 2. The normalized spacial score (nSPS) is 23.8. The van der Waals surface area contributed by atoms with Crippen molar-refractivity contribution in [2.45, 2.75) is 31.3 Å². The fourth-order valence-electron chi connectivity index (χ4n) is 3.84. The zero-order valence-corrected chi connectivity index (χ0v) is 12.7. The summed E-state index contributed by atoms with van der Waals surface area (Å²) >= 11 is 6.25. The van der Waals surface area contributed by atoms with Gasteiger partial charge in [-0.05, 0) is 48.1 Å². The number of nitrogens with zero attached hydrogens (tertiary/aromatic N) is 1. The molecule has 2 N–H and O–H groups in total. The Bertz CT molecular complexity index is 683. The molecule has 2 aliphatic rings. The molecule has 2 nitrogen and oxygen atoms in total. The molecule has 2 aromatic rings. The highest BCUT2D eigenvalue weighted by molar-refractivity contribution is 6.30. The predicted octanol–water partition coefficient (Wildman–Crippen LogP) is 3.91. The van der Waals surface area contributed by atoms with Gasteiger partial charge < -0.3 is 10.6 Å². The number of fused-ring (bicyclic) bond motifs is 5. The summed E-state index contributed by atoms with van der Waals surface area (Å²) in [5, 5.41) is 0.803. The van der Waals surface area contributed by atoms with Crippen LogP contribution < -0.4 is 10.6 Å². The van der Waals surface area contributed by atoms with Crippen molar-refractivity contribution in [3.8, 4) is 0 Å². The number of rotatable bonds is 0. The Kier molecular flexibility index (Phi) is 3.16.